The monoisotopic (exact) mass is 409 g/mol. The van der Waals surface area contributed by atoms with Crippen LogP contribution in [0, 0.1) is 5.82 Å². The molecule has 1 aromatic heterocycles. The highest BCUT2D eigenvalue weighted by molar-refractivity contribution is 5.71. The first kappa shape index (κ1) is 20.6. The highest BCUT2D eigenvalue weighted by Crippen LogP contribution is 2.39. The molecule has 0 spiro atoms. The van der Waals surface area contributed by atoms with Gasteiger partial charge in [-0.25, -0.2) is 4.39 Å². The van der Waals surface area contributed by atoms with E-state index in [2.05, 4.69) is 54.9 Å². The summed E-state index contributed by atoms with van der Waals surface area (Å²) in [6.07, 6.45) is 9.56. The molecule has 1 aliphatic heterocycles. The number of esters is 1. The highest BCUT2D eigenvalue weighted by atomic mass is 19.1. The van der Waals surface area contributed by atoms with Crippen LogP contribution < -0.4 is 0 Å². The van der Waals surface area contributed by atoms with Gasteiger partial charge >= 0.3 is 5.97 Å². The Morgan fingerprint density at radius 1 is 1.23 bits per heavy atom. The molecule has 4 rings (SSSR count). The van der Waals surface area contributed by atoms with Crippen LogP contribution in [-0.4, -0.2) is 27.9 Å². The number of cyclic esters (lactones) is 1. The maximum Gasteiger partial charge on any atom is 0.308 e. The average Bonchev–Trinajstić information content (AvgIpc) is 3.14. The third-order valence-corrected chi connectivity index (χ3v) is 6.18. The predicted octanol–water partition coefficient (Wildman–Crippen LogP) is 5.09. The van der Waals surface area contributed by atoms with Gasteiger partial charge < -0.3 is 14.4 Å². The standard InChI is InChI=1S/C25H28FNO3/c1-17(14-21-15-20(28)16-24(29)30-21)27-22(18-6-8-19(26)9-7-18)10-11-23(27)25(2)12-4-3-5-13-25/h3-12,17,20-21,28H,13-16H2,1-2H3/t17?,20-,21-,25?/m0/s1. The van der Waals surface area contributed by atoms with E-state index in [-0.39, 0.29) is 35.8 Å². The molecule has 1 fully saturated rings. The first-order valence-electron chi connectivity index (χ1n) is 10.6. The van der Waals surface area contributed by atoms with Crippen LogP contribution in [0.2, 0.25) is 0 Å². The number of allylic oxidation sites excluding steroid dienone is 4. The summed E-state index contributed by atoms with van der Waals surface area (Å²) < 4.78 is 21.3. The lowest BCUT2D eigenvalue weighted by molar-refractivity contribution is -0.160. The highest BCUT2D eigenvalue weighted by Gasteiger charge is 2.33. The largest absolute Gasteiger partial charge is 0.462 e. The minimum Gasteiger partial charge on any atom is -0.462 e. The Morgan fingerprint density at radius 3 is 2.67 bits per heavy atom. The zero-order valence-corrected chi connectivity index (χ0v) is 17.4. The van der Waals surface area contributed by atoms with Crippen LogP contribution in [0.1, 0.15) is 51.3 Å². The Morgan fingerprint density at radius 2 is 2.00 bits per heavy atom. The number of carbonyl (C=O) groups excluding carboxylic acids is 1. The summed E-state index contributed by atoms with van der Waals surface area (Å²) >= 11 is 0. The van der Waals surface area contributed by atoms with Gasteiger partial charge in [0.1, 0.15) is 11.9 Å². The van der Waals surface area contributed by atoms with Crippen molar-refractivity contribution in [2.45, 2.75) is 63.2 Å². The van der Waals surface area contributed by atoms with Crippen LogP contribution in [0.3, 0.4) is 0 Å². The van der Waals surface area contributed by atoms with Gasteiger partial charge in [-0.15, -0.1) is 0 Å². The number of hydrogen-bond donors (Lipinski definition) is 1. The van der Waals surface area contributed by atoms with Crippen LogP contribution in [0.4, 0.5) is 4.39 Å². The summed E-state index contributed by atoms with van der Waals surface area (Å²) in [4.78, 5) is 11.8. The molecule has 30 heavy (non-hydrogen) atoms. The number of carbonyl (C=O) groups is 1. The first-order chi connectivity index (χ1) is 14.4. The van der Waals surface area contributed by atoms with E-state index in [1.54, 1.807) is 12.1 Å². The number of hydrogen-bond acceptors (Lipinski definition) is 3. The van der Waals surface area contributed by atoms with Crippen LogP contribution >= 0.6 is 0 Å². The lowest BCUT2D eigenvalue weighted by Gasteiger charge is -2.34. The summed E-state index contributed by atoms with van der Waals surface area (Å²) in [5, 5.41) is 9.99. The molecule has 1 saturated heterocycles. The van der Waals surface area contributed by atoms with Crippen molar-refractivity contribution >= 4 is 5.97 Å². The Hall–Kier alpha value is -2.66. The molecule has 0 saturated carbocycles. The summed E-state index contributed by atoms with van der Waals surface area (Å²) in [6, 6.07) is 10.8. The van der Waals surface area contributed by atoms with E-state index in [1.165, 1.54) is 12.1 Å². The fourth-order valence-electron chi connectivity index (χ4n) is 4.65. The molecule has 1 aromatic carbocycles. The molecule has 1 N–H and O–H groups in total. The summed E-state index contributed by atoms with van der Waals surface area (Å²) in [7, 11) is 0. The molecule has 4 nitrogen and oxygen atoms in total. The smallest absolute Gasteiger partial charge is 0.308 e. The van der Waals surface area contributed by atoms with Crippen LogP contribution in [0.5, 0.6) is 0 Å². The second-order valence-electron chi connectivity index (χ2n) is 8.68. The number of rotatable bonds is 5. The predicted molar refractivity (Wildman–Crippen MR) is 115 cm³/mol. The topological polar surface area (TPSA) is 51.5 Å². The number of aromatic nitrogens is 1. The summed E-state index contributed by atoms with van der Waals surface area (Å²) in [5.74, 6) is -0.606. The van der Waals surface area contributed by atoms with E-state index in [9.17, 15) is 14.3 Å². The summed E-state index contributed by atoms with van der Waals surface area (Å²) in [6.45, 7) is 4.32. The molecule has 0 amide bonds. The molecule has 2 aromatic rings. The van der Waals surface area contributed by atoms with Crippen molar-refractivity contribution in [3.63, 3.8) is 0 Å². The molecule has 2 unspecified atom stereocenters. The van der Waals surface area contributed by atoms with E-state index in [0.29, 0.717) is 12.8 Å². The molecule has 0 radical (unpaired) electrons. The molecule has 1 aliphatic carbocycles. The Labute approximate surface area is 176 Å². The number of aliphatic hydroxyl groups excluding tert-OH is 1. The van der Waals surface area contributed by atoms with Crippen molar-refractivity contribution in [2.24, 2.45) is 0 Å². The minimum absolute atomic E-state index is 0.0225. The molecule has 0 bridgehead atoms. The van der Waals surface area contributed by atoms with Gasteiger partial charge in [-0.05, 0) is 55.3 Å². The average molecular weight is 410 g/mol. The zero-order chi connectivity index (χ0) is 21.3. The molecule has 4 atom stereocenters. The van der Waals surface area contributed by atoms with Crippen molar-refractivity contribution < 1.29 is 19.0 Å². The van der Waals surface area contributed by atoms with Gasteiger partial charge in [0.05, 0.1) is 12.5 Å². The van der Waals surface area contributed by atoms with E-state index in [4.69, 9.17) is 4.74 Å². The second kappa shape index (κ2) is 8.23. The second-order valence-corrected chi connectivity index (χ2v) is 8.68. The number of halogens is 1. The van der Waals surface area contributed by atoms with Crippen LogP contribution in [-0.2, 0) is 14.9 Å². The molecule has 2 aliphatic rings. The molecule has 158 valence electrons. The van der Waals surface area contributed by atoms with Crippen molar-refractivity contribution in [3.05, 3.63) is 72.2 Å². The lowest BCUT2D eigenvalue weighted by atomic mass is 9.80. The number of nitrogens with zero attached hydrogens (tertiary/aromatic N) is 1. The molecular formula is C25H28FNO3. The van der Waals surface area contributed by atoms with Gasteiger partial charge in [0.15, 0.2) is 0 Å². The Balaban J connectivity index is 1.72. The third kappa shape index (κ3) is 4.12. The van der Waals surface area contributed by atoms with Crippen molar-refractivity contribution in [3.8, 4) is 11.3 Å². The fourth-order valence-corrected chi connectivity index (χ4v) is 4.65. The van der Waals surface area contributed by atoms with Gasteiger partial charge in [-0.1, -0.05) is 31.2 Å². The number of aliphatic hydroxyl groups is 1. The SMILES string of the molecule is CC(C[C@H]1C[C@H](O)CC(=O)O1)n1c(-c2ccc(F)cc2)ccc1C1(C)C=CC=CC1. The van der Waals surface area contributed by atoms with Crippen molar-refractivity contribution in [2.75, 3.05) is 0 Å². The van der Waals surface area contributed by atoms with Gasteiger partial charge in [0.25, 0.3) is 0 Å². The van der Waals surface area contributed by atoms with Gasteiger partial charge in [0, 0.05) is 35.7 Å². The number of benzene rings is 1. The zero-order valence-electron chi connectivity index (χ0n) is 17.4. The van der Waals surface area contributed by atoms with Gasteiger partial charge in [-0.3, -0.25) is 4.79 Å². The molecule has 2 heterocycles. The maximum atomic E-state index is 13.5. The third-order valence-electron chi connectivity index (χ3n) is 6.18. The van der Waals surface area contributed by atoms with E-state index >= 15 is 0 Å². The van der Waals surface area contributed by atoms with E-state index < -0.39 is 6.10 Å². The fraction of sp³-hybridized carbons (Fsp3) is 0.400. The summed E-state index contributed by atoms with van der Waals surface area (Å²) in [5.41, 5.74) is 2.94. The lowest BCUT2D eigenvalue weighted by Crippen LogP contribution is -2.34. The van der Waals surface area contributed by atoms with Crippen LogP contribution in [0.25, 0.3) is 11.3 Å². The van der Waals surface area contributed by atoms with Crippen molar-refractivity contribution in [1.82, 2.24) is 4.57 Å². The van der Waals surface area contributed by atoms with E-state index in [0.717, 1.165) is 23.4 Å². The molecule has 5 heteroatoms. The van der Waals surface area contributed by atoms with E-state index in [1.807, 2.05) is 0 Å². The maximum absolute atomic E-state index is 13.5. The van der Waals surface area contributed by atoms with Crippen LogP contribution in [0.15, 0.2) is 60.7 Å². The number of ether oxygens (including phenoxy) is 1. The first-order valence-corrected chi connectivity index (χ1v) is 10.6. The quantitative estimate of drug-likeness (QED) is 0.700. The Bertz CT molecular complexity index is 975. The van der Waals surface area contributed by atoms with Gasteiger partial charge in [0.2, 0.25) is 0 Å². The minimum atomic E-state index is -0.645. The normalized spacial score (nSPS) is 27.1. The Kier molecular flexibility index (Phi) is 5.65. The van der Waals surface area contributed by atoms with Crippen molar-refractivity contribution in [1.29, 1.82) is 0 Å². The van der Waals surface area contributed by atoms with Gasteiger partial charge in [-0.2, -0.15) is 0 Å². The molecular weight excluding hydrogens is 381 g/mol.